The van der Waals surface area contributed by atoms with E-state index in [0.29, 0.717) is 12.2 Å². The van der Waals surface area contributed by atoms with Crippen LogP contribution < -0.4 is 15.8 Å². The summed E-state index contributed by atoms with van der Waals surface area (Å²) in [6.45, 7) is 3.02. The van der Waals surface area contributed by atoms with E-state index in [1.54, 1.807) is 6.92 Å². The summed E-state index contributed by atoms with van der Waals surface area (Å²) in [5, 5.41) is 10.8. The maximum absolute atomic E-state index is 12.7. The normalized spacial score (nSPS) is 18.4. The summed E-state index contributed by atoms with van der Waals surface area (Å²) in [7, 11) is -3.78. The number of carbonyl (C=O) groups excluding carboxylic acids is 2. The number of anilines is 2. The largest absolute Gasteiger partial charge is 0.326 e. The van der Waals surface area contributed by atoms with Crippen LogP contribution in [0.2, 0.25) is 0 Å². The van der Waals surface area contributed by atoms with Gasteiger partial charge in [-0.2, -0.15) is 0 Å². The average Bonchev–Trinajstić information content (AvgIpc) is 2.73. The van der Waals surface area contributed by atoms with Crippen LogP contribution in [-0.4, -0.2) is 44.3 Å². The van der Waals surface area contributed by atoms with Gasteiger partial charge in [-0.25, -0.2) is 13.6 Å². The van der Waals surface area contributed by atoms with Crippen molar-refractivity contribution in [2.45, 2.75) is 30.7 Å². The highest BCUT2D eigenvalue weighted by molar-refractivity contribution is 7.89. The number of benzene rings is 2. The van der Waals surface area contributed by atoms with Crippen LogP contribution in [0, 0.1) is 5.92 Å². The maximum atomic E-state index is 12.7. The molecule has 2 aromatic rings. The number of nitrogens with one attached hydrogen (secondary N) is 2. The lowest BCUT2D eigenvalue weighted by Gasteiger charge is -2.35. The third kappa shape index (κ3) is 5.65. The number of primary sulfonamides is 1. The minimum atomic E-state index is -3.78. The monoisotopic (exact) mass is 430 g/mol. The van der Waals surface area contributed by atoms with Crippen LogP contribution in [0.5, 0.6) is 0 Å². The highest BCUT2D eigenvalue weighted by atomic mass is 32.2. The molecular weight excluding hydrogens is 404 g/mol. The zero-order chi connectivity index (χ0) is 21.7. The van der Waals surface area contributed by atoms with Gasteiger partial charge in [-0.05, 0) is 62.7 Å². The van der Waals surface area contributed by atoms with Crippen molar-refractivity contribution >= 4 is 33.2 Å². The van der Waals surface area contributed by atoms with Crippen LogP contribution >= 0.6 is 0 Å². The number of likely N-dealkylation sites (tertiary alicyclic amines) is 1. The van der Waals surface area contributed by atoms with Crippen molar-refractivity contribution in [1.29, 1.82) is 0 Å². The molecule has 0 saturated carbocycles. The number of hydrogen-bond acceptors (Lipinski definition) is 5. The maximum Gasteiger partial charge on any atom is 0.241 e. The molecule has 8 nitrogen and oxygen atoms in total. The Morgan fingerprint density at radius 3 is 2.30 bits per heavy atom. The summed E-state index contributed by atoms with van der Waals surface area (Å²) in [5.41, 5.74) is 1.24. The zero-order valence-corrected chi connectivity index (χ0v) is 17.6. The van der Waals surface area contributed by atoms with Gasteiger partial charge >= 0.3 is 0 Å². The van der Waals surface area contributed by atoms with Crippen molar-refractivity contribution in [3.05, 3.63) is 54.6 Å². The van der Waals surface area contributed by atoms with E-state index in [1.165, 1.54) is 24.3 Å². The number of hydrogen-bond donors (Lipinski definition) is 3. The molecule has 0 bridgehead atoms. The molecule has 1 aliphatic rings. The van der Waals surface area contributed by atoms with E-state index in [4.69, 9.17) is 5.14 Å². The molecule has 0 spiro atoms. The van der Waals surface area contributed by atoms with Crippen molar-refractivity contribution < 1.29 is 18.0 Å². The Morgan fingerprint density at radius 1 is 1.03 bits per heavy atom. The minimum Gasteiger partial charge on any atom is -0.326 e. The number of nitrogens with zero attached hydrogens (tertiary/aromatic N) is 1. The Labute approximate surface area is 176 Å². The fourth-order valence-electron chi connectivity index (χ4n) is 3.48. The quantitative estimate of drug-likeness (QED) is 0.647. The molecule has 3 rings (SSSR count). The number of carbonyl (C=O) groups is 2. The first kappa shape index (κ1) is 21.9. The Bertz CT molecular complexity index is 993. The first-order valence-electron chi connectivity index (χ1n) is 9.78. The van der Waals surface area contributed by atoms with Gasteiger partial charge in [0.1, 0.15) is 0 Å². The molecule has 2 amide bonds. The highest BCUT2D eigenvalue weighted by Crippen LogP contribution is 2.21. The average molecular weight is 431 g/mol. The molecule has 30 heavy (non-hydrogen) atoms. The van der Waals surface area contributed by atoms with Crippen LogP contribution in [-0.2, 0) is 19.6 Å². The standard InChI is InChI=1S/C21H26N4O4S/c1-15(20(26)23-18-9-11-19(12-10-18)30(22,28)29)25-13-5-6-16(14-25)21(27)24-17-7-3-2-4-8-17/h2-4,7-12,15-16H,5-6,13-14H2,1H3,(H,23,26)(H,24,27)(H2,22,28,29)/t15-,16+/m1/s1. The van der Waals surface area contributed by atoms with Gasteiger partial charge in [-0.1, -0.05) is 18.2 Å². The first-order valence-corrected chi connectivity index (χ1v) is 11.3. The molecule has 1 fully saturated rings. The van der Waals surface area contributed by atoms with Gasteiger partial charge in [0.05, 0.1) is 16.9 Å². The molecule has 160 valence electrons. The van der Waals surface area contributed by atoms with Crippen LogP contribution in [0.4, 0.5) is 11.4 Å². The number of piperidine rings is 1. The summed E-state index contributed by atoms with van der Waals surface area (Å²) in [4.78, 5) is 27.3. The topological polar surface area (TPSA) is 122 Å². The van der Waals surface area contributed by atoms with E-state index < -0.39 is 16.1 Å². The van der Waals surface area contributed by atoms with Gasteiger partial charge < -0.3 is 10.6 Å². The molecule has 2 aromatic carbocycles. The summed E-state index contributed by atoms with van der Waals surface area (Å²) in [6.07, 6.45) is 1.60. The van der Waals surface area contributed by atoms with Crippen molar-refractivity contribution in [2.75, 3.05) is 23.7 Å². The van der Waals surface area contributed by atoms with Gasteiger partial charge in [0.15, 0.2) is 0 Å². The molecule has 1 heterocycles. The van der Waals surface area contributed by atoms with Gasteiger partial charge in [0.25, 0.3) is 0 Å². The molecule has 1 aliphatic heterocycles. The lowest BCUT2D eigenvalue weighted by molar-refractivity contribution is -0.125. The second-order valence-corrected chi connectivity index (χ2v) is 8.99. The number of nitrogens with two attached hydrogens (primary N) is 1. The molecule has 1 saturated heterocycles. The predicted octanol–water partition coefficient (Wildman–Crippen LogP) is 2.01. The van der Waals surface area contributed by atoms with Gasteiger partial charge in [0.2, 0.25) is 21.8 Å². The summed E-state index contributed by atoms with van der Waals surface area (Å²) in [5.74, 6) is -0.456. The fourth-order valence-corrected chi connectivity index (χ4v) is 3.99. The number of amides is 2. The van der Waals surface area contributed by atoms with Crippen molar-refractivity contribution in [3.63, 3.8) is 0 Å². The van der Waals surface area contributed by atoms with Gasteiger partial charge in [0, 0.05) is 17.9 Å². The Hall–Kier alpha value is -2.75. The van der Waals surface area contributed by atoms with E-state index >= 15 is 0 Å². The lowest BCUT2D eigenvalue weighted by atomic mass is 9.95. The third-order valence-corrected chi connectivity index (χ3v) is 6.17. The molecular formula is C21H26N4O4S. The molecule has 0 aromatic heterocycles. The van der Waals surface area contributed by atoms with Crippen molar-refractivity contribution in [2.24, 2.45) is 11.1 Å². The van der Waals surface area contributed by atoms with E-state index in [-0.39, 0.29) is 22.6 Å². The second kappa shape index (κ2) is 9.38. The molecule has 4 N–H and O–H groups in total. The fraction of sp³-hybridized carbons (Fsp3) is 0.333. The van der Waals surface area contributed by atoms with Crippen LogP contribution in [0.25, 0.3) is 0 Å². The van der Waals surface area contributed by atoms with E-state index in [9.17, 15) is 18.0 Å². The van der Waals surface area contributed by atoms with Crippen LogP contribution in [0.3, 0.4) is 0 Å². The van der Waals surface area contributed by atoms with E-state index in [2.05, 4.69) is 10.6 Å². The van der Waals surface area contributed by atoms with Crippen molar-refractivity contribution in [3.8, 4) is 0 Å². The molecule has 9 heteroatoms. The van der Waals surface area contributed by atoms with Crippen molar-refractivity contribution in [1.82, 2.24) is 4.90 Å². The predicted molar refractivity (Wildman–Crippen MR) is 115 cm³/mol. The highest BCUT2D eigenvalue weighted by Gasteiger charge is 2.31. The minimum absolute atomic E-state index is 0.0168. The third-order valence-electron chi connectivity index (χ3n) is 5.24. The zero-order valence-electron chi connectivity index (χ0n) is 16.7. The number of rotatable bonds is 6. The SMILES string of the molecule is C[C@H](C(=O)Nc1ccc(S(N)(=O)=O)cc1)N1CCC[C@H](C(=O)Nc2ccccc2)C1. The van der Waals surface area contributed by atoms with E-state index in [0.717, 1.165) is 25.1 Å². The molecule has 0 radical (unpaired) electrons. The lowest BCUT2D eigenvalue weighted by Crippen LogP contribution is -2.49. The Balaban J connectivity index is 1.58. The molecule has 0 unspecified atom stereocenters. The van der Waals surface area contributed by atoms with Gasteiger partial charge in [-0.3, -0.25) is 14.5 Å². The van der Waals surface area contributed by atoms with Crippen LogP contribution in [0.15, 0.2) is 59.5 Å². The van der Waals surface area contributed by atoms with Gasteiger partial charge in [-0.15, -0.1) is 0 Å². The summed E-state index contributed by atoms with van der Waals surface area (Å²) in [6, 6.07) is 14.6. The summed E-state index contributed by atoms with van der Waals surface area (Å²) >= 11 is 0. The smallest absolute Gasteiger partial charge is 0.241 e. The summed E-state index contributed by atoms with van der Waals surface area (Å²) < 4.78 is 22.7. The Morgan fingerprint density at radius 2 is 1.67 bits per heavy atom. The van der Waals surface area contributed by atoms with Crippen LogP contribution in [0.1, 0.15) is 19.8 Å². The van der Waals surface area contributed by atoms with E-state index in [1.807, 2.05) is 35.2 Å². The Kier molecular flexibility index (Phi) is 6.86. The number of para-hydroxylation sites is 1. The number of sulfonamides is 1. The molecule has 0 aliphatic carbocycles. The first-order chi connectivity index (χ1) is 14.2. The second-order valence-electron chi connectivity index (χ2n) is 7.42. The molecule has 2 atom stereocenters.